The summed E-state index contributed by atoms with van der Waals surface area (Å²) in [5.74, 6) is -1.37. The highest BCUT2D eigenvalue weighted by Crippen LogP contribution is 2.09. The number of carboxylic acids is 1. The molecule has 1 aromatic carbocycles. The van der Waals surface area contributed by atoms with Crippen molar-refractivity contribution < 1.29 is 19.8 Å². The van der Waals surface area contributed by atoms with Crippen molar-refractivity contribution in [1.82, 2.24) is 10.6 Å². The molecule has 1 atom stereocenters. The fourth-order valence-corrected chi connectivity index (χ4v) is 1.44. The second kappa shape index (κ2) is 7.60. The van der Waals surface area contributed by atoms with Crippen molar-refractivity contribution in [2.75, 3.05) is 13.1 Å². The summed E-state index contributed by atoms with van der Waals surface area (Å²) < 4.78 is 0. The monoisotopic (exact) mass is 286 g/mol. The molecule has 0 radical (unpaired) electrons. The standard InChI is InChI=1S/C12H15ClN2O4/c13-9-3-1-8(2-4-9)5-6-14-12(19)15-7-10(16)11(17)18/h1-4,10,16H,5-7H2,(H,17,18)(H2,14,15,19). The summed E-state index contributed by atoms with van der Waals surface area (Å²) in [7, 11) is 0. The second-order valence-corrected chi connectivity index (χ2v) is 4.30. The van der Waals surface area contributed by atoms with Crippen LogP contribution in [0.2, 0.25) is 5.02 Å². The summed E-state index contributed by atoms with van der Waals surface area (Å²) >= 11 is 5.74. The number of carboxylic acid groups (broad SMARTS) is 1. The van der Waals surface area contributed by atoms with Crippen molar-refractivity contribution in [3.63, 3.8) is 0 Å². The Bertz CT molecular complexity index is 436. The molecule has 0 saturated carbocycles. The molecular formula is C12H15ClN2O4. The fraction of sp³-hybridized carbons (Fsp3) is 0.333. The number of rotatable bonds is 6. The van der Waals surface area contributed by atoms with Crippen LogP contribution < -0.4 is 10.6 Å². The SMILES string of the molecule is O=C(NCCc1ccc(Cl)cc1)NCC(O)C(=O)O. The molecule has 104 valence electrons. The maximum atomic E-state index is 11.3. The average molecular weight is 287 g/mol. The molecule has 1 unspecified atom stereocenters. The zero-order chi connectivity index (χ0) is 14.3. The zero-order valence-electron chi connectivity index (χ0n) is 10.1. The van der Waals surface area contributed by atoms with E-state index in [2.05, 4.69) is 10.6 Å². The second-order valence-electron chi connectivity index (χ2n) is 3.87. The fourth-order valence-electron chi connectivity index (χ4n) is 1.31. The predicted molar refractivity (Wildman–Crippen MR) is 70.2 cm³/mol. The molecule has 1 rings (SSSR count). The van der Waals surface area contributed by atoms with Crippen LogP contribution in [0.1, 0.15) is 5.56 Å². The Hall–Kier alpha value is -1.79. The third-order valence-corrected chi connectivity index (χ3v) is 2.61. The van der Waals surface area contributed by atoms with Gasteiger partial charge in [0.25, 0.3) is 0 Å². The lowest BCUT2D eigenvalue weighted by molar-refractivity contribution is -0.146. The normalized spacial score (nSPS) is 11.7. The largest absolute Gasteiger partial charge is 0.479 e. The molecule has 0 aromatic heterocycles. The van der Waals surface area contributed by atoms with Crippen LogP contribution in [0, 0.1) is 0 Å². The van der Waals surface area contributed by atoms with Gasteiger partial charge in [-0.25, -0.2) is 9.59 Å². The van der Waals surface area contributed by atoms with Crippen LogP contribution in [0.15, 0.2) is 24.3 Å². The van der Waals surface area contributed by atoms with E-state index in [9.17, 15) is 9.59 Å². The topological polar surface area (TPSA) is 98.7 Å². The Kier molecular flexibility index (Phi) is 6.11. The van der Waals surface area contributed by atoms with Crippen molar-refractivity contribution in [3.8, 4) is 0 Å². The lowest BCUT2D eigenvalue weighted by Gasteiger charge is -2.09. The Morgan fingerprint density at radius 1 is 1.21 bits per heavy atom. The van der Waals surface area contributed by atoms with Crippen LogP contribution in [-0.2, 0) is 11.2 Å². The van der Waals surface area contributed by atoms with E-state index in [4.69, 9.17) is 21.8 Å². The van der Waals surface area contributed by atoms with Gasteiger partial charge in [0.05, 0.1) is 6.54 Å². The van der Waals surface area contributed by atoms with Gasteiger partial charge in [-0.3, -0.25) is 0 Å². The highest BCUT2D eigenvalue weighted by Gasteiger charge is 2.13. The number of halogens is 1. The minimum absolute atomic E-state index is 0.331. The first-order chi connectivity index (χ1) is 8.99. The van der Waals surface area contributed by atoms with Gasteiger partial charge in [-0.15, -0.1) is 0 Å². The van der Waals surface area contributed by atoms with Crippen LogP contribution in [-0.4, -0.2) is 41.4 Å². The summed E-state index contributed by atoms with van der Waals surface area (Å²) in [6.45, 7) is 0.0682. The third kappa shape index (κ3) is 6.08. The highest BCUT2D eigenvalue weighted by atomic mass is 35.5. The van der Waals surface area contributed by atoms with Gasteiger partial charge in [0, 0.05) is 11.6 Å². The van der Waals surface area contributed by atoms with Crippen LogP contribution in [0.4, 0.5) is 4.79 Å². The van der Waals surface area contributed by atoms with Gasteiger partial charge in [0.15, 0.2) is 6.10 Å². The molecule has 2 amide bonds. The summed E-state index contributed by atoms with van der Waals surface area (Å²) in [6.07, 6.45) is -0.964. The molecule has 0 saturated heterocycles. The molecule has 0 aliphatic carbocycles. The first-order valence-electron chi connectivity index (χ1n) is 5.66. The summed E-state index contributed by atoms with van der Waals surface area (Å²) in [4.78, 5) is 21.6. The lowest BCUT2D eigenvalue weighted by atomic mass is 10.1. The van der Waals surface area contributed by atoms with E-state index in [1.54, 1.807) is 12.1 Å². The quantitative estimate of drug-likeness (QED) is 0.616. The highest BCUT2D eigenvalue weighted by molar-refractivity contribution is 6.30. The smallest absolute Gasteiger partial charge is 0.334 e. The number of benzene rings is 1. The van der Waals surface area contributed by atoms with E-state index in [-0.39, 0.29) is 6.54 Å². The molecule has 0 aliphatic heterocycles. The van der Waals surface area contributed by atoms with Crippen molar-refractivity contribution >= 4 is 23.6 Å². The van der Waals surface area contributed by atoms with Crippen molar-refractivity contribution in [1.29, 1.82) is 0 Å². The molecule has 0 spiro atoms. The summed E-state index contributed by atoms with van der Waals surface area (Å²) in [5.41, 5.74) is 1.02. The molecule has 1 aromatic rings. The Morgan fingerprint density at radius 2 is 1.84 bits per heavy atom. The molecule has 0 aliphatic rings. The van der Waals surface area contributed by atoms with Gasteiger partial charge >= 0.3 is 12.0 Å². The molecule has 0 fully saturated rings. The van der Waals surface area contributed by atoms with E-state index in [0.717, 1.165) is 5.56 Å². The van der Waals surface area contributed by atoms with E-state index < -0.39 is 18.1 Å². The van der Waals surface area contributed by atoms with Gasteiger partial charge in [-0.2, -0.15) is 0 Å². The number of urea groups is 1. The average Bonchev–Trinajstić information content (AvgIpc) is 2.38. The molecular weight excluding hydrogens is 272 g/mol. The number of nitrogens with one attached hydrogen (secondary N) is 2. The van der Waals surface area contributed by atoms with Gasteiger partial charge in [-0.05, 0) is 24.1 Å². The summed E-state index contributed by atoms with van der Waals surface area (Å²) in [6, 6.07) is 6.72. The van der Waals surface area contributed by atoms with Crippen molar-refractivity contribution in [3.05, 3.63) is 34.9 Å². The van der Waals surface area contributed by atoms with Gasteiger partial charge in [0.2, 0.25) is 0 Å². The van der Waals surface area contributed by atoms with Crippen molar-refractivity contribution in [2.45, 2.75) is 12.5 Å². The van der Waals surface area contributed by atoms with E-state index >= 15 is 0 Å². The molecule has 0 bridgehead atoms. The maximum Gasteiger partial charge on any atom is 0.334 e. The van der Waals surface area contributed by atoms with E-state index in [0.29, 0.717) is 18.0 Å². The number of amides is 2. The minimum atomic E-state index is -1.60. The predicted octanol–water partition coefficient (Wildman–Crippen LogP) is 0.627. The number of aliphatic hydroxyl groups excluding tert-OH is 1. The molecule has 19 heavy (non-hydrogen) atoms. The van der Waals surface area contributed by atoms with Gasteiger partial charge < -0.3 is 20.8 Å². The lowest BCUT2D eigenvalue weighted by Crippen LogP contribution is -2.42. The molecule has 6 nitrogen and oxygen atoms in total. The van der Waals surface area contributed by atoms with E-state index in [1.165, 1.54) is 0 Å². The first-order valence-corrected chi connectivity index (χ1v) is 6.04. The molecule has 0 heterocycles. The third-order valence-electron chi connectivity index (χ3n) is 2.35. The first kappa shape index (κ1) is 15.3. The van der Waals surface area contributed by atoms with Gasteiger partial charge in [-0.1, -0.05) is 23.7 Å². The Balaban J connectivity index is 2.20. The number of hydrogen-bond donors (Lipinski definition) is 4. The molecule has 4 N–H and O–H groups in total. The zero-order valence-corrected chi connectivity index (χ0v) is 10.9. The summed E-state index contributed by atoms with van der Waals surface area (Å²) in [5, 5.41) is 22.8. The number of aliphatic carboxylic acids is 1. The van der Waals surface area contributed by atoms with Crippen LogP contribution in [0.25, 0.3) is 0 Å². The van der Waals surface area contributed by atoms with Crippen LogP contribution in [0.3, 0.4) is 0 Å². The number of aliphatic hydroxyl groups is 1. The number of carbonyl (C=O) groups excluding carboxylic acids is 1. The minimum Gasteiger partial charge on any atom is -0.479 e. The Morgan fingerprint density at radius 3 is 2.42 bits per heavy atom. The van der Waals surface area contributed by atoms with E-state index in [1.807, 2.05) is 12.1 Å². The van der Waals surface area contributed by atoms with Crippen molar-refractivity contribution in [2.24, 2.45) is 0 Å². The number of carbonyl (C=O) groups is 2. The number of hydrogen-bond acceptors (Lipinski definition) is 3. The Labute approximate surface area is 115 Å². The van der Waals surface area contributed by atoms with Gasteiger partial charge in [0.1, 0.15) is 0 Å². The van der Waals surface area contributed by atoms with Crippen LogP contribution >= 0.6 is 11.6 Å². The van der Waals surface area contributed by atoms with Crippen LogP contribution in [0.5, 0.6) is 0 Å². The molecule has 7 heteroatoms. The maximum absolute atomic E-state index is 11.3.